The molecule has 2 heterocycles. The Morgan fingerprint density at radius 2 is 2.32 bits per heavy atom. The van der Waals surface area contributed by atoms with E-state index in [4.69, 9.17) is 5.26 Å². The van der Waals surface area contributed by atoms with Crippen molar-refractivity contribution >= 4 is 5.91 Å². The largest absolute Gasteiger partial charge is 0.349 e. The fourth-order valence-electron chi connectivity index (χ4n) is 2.15. The summed E-state index contributed by atoms with van der Waals surface area (Å²) in [6, 6.07) is 5.09. The fraction of sp³-hybridized carbons (Fsp3) is 0.462. The van der Waals surface area contributed by atoms with Crippen LogP contribution in [0.4, 0.5) is 4.39 Å². The van der Waals surface area contributed by atoms with E-state index in [1.807, 2.05) is 4.90 Å². The first kappa shape index (κ1) is 13.4. The second-order valence-electron chi connectivity index (χ2n) is 4.52. The number of nitrogens with zero attached hydrogens (tertiary/aromatic N) is 3. The van der Waals surface area contributed by atoms with Gasteiger partial charge in [0.15, 0.2) is 0 Å². The Bertz CT molecular complexity index is 492. The maximum absolute atomic E-state index is 13.3. The van der Waals surface area contributed by atoms with E-state index in [0.717, 1.165) is 25.9 Å². The van der Waals surface area contributed by atoms with Gasteiger partial charge in [0, 0.05) is 25.3 Å². The van der Waals surface area contributed by atoms with Gasteiger partial charge in [-0.1, -0.05) is 0 Å². The molecule has 2 rings (SSSR count). The van der Waals surface area contributed by atoms with Gasteiger partial charge in [-0.2, -0.15) is 9.65 Å². The van der Waals surface area contributed by atoms with Crippen molar-refractivity contribution in [3.8, 4) is 6.07 Å². The third-order valence-corrected chi connectivity index (χ3v) is 3.22. The number of rotatable bonds is 3. The van der Waals surface area contributed by atoms with E-state index in [9.17, 15) is 9.18 Å². The maximum Gasteiger partial charge on any atom is 0.256 e. The molecule has 5 nitrogen and oxygen atoms in total. The second-order valence-corrected chi connectivity index (χ2v) is 4.52. The lowest BCUT2D eigenvalue weighted by Crippen LogP contribution is -2.44. The summed E-state index contributed by atoms with van der Waals surface area (Å²) in [5.41, 5.74) is -0.0260. The maximum atomic E-state index is 13.3. The lowest BCUT2D eigenvalue weighted by molar-refractivity contribution is 0.0909. The van der Waals surface area contributed by atoms with Crippen LogP contribution in [0.2, 0.25) is 0 Å². The smallest absolute Gasteiger partial charge is 0.256 e. The van der Waals surface area contributed by atoms with Crippen LogP contribution in [0.1, 0.15) is 23.2 Å². The number of aromatic nitrogens is 1. The van der Waals surface area contributed by atoms with Gasteiger partial charge >= 0.3 is 0 Å². The molecule has 0 unspecified atom stereocenters. The summed E-state index contributed by atoms with van der Waals surface area (Å²) in [5, 5.41) is 11.4. The Labute approximate surface area is 111 Å². The Kier molecular flexibility index (Phi) is 4.42. The summed E-state index contributed by atoms with van der Waals surface area (Å²) < 4.78 is 13.3. The predicted molar refractivity (Wildman–Crippen MR) is 66.7 cm³/mol. The molecule has 1 aliphatic heterocycles. The molecule has 0 atom stereocenters. The minimum absolute atomic E-state index is 0.0260. The van der Waals surface area contributed by atoms with E-state index < -0.39 is 11.9 Å². The Morgan fingerprint density at radius 1 is 1.58 bits per heavy atom. The van der Waals surface area contributed by atoms with Crippen LogP contribution in [0.25, 0.3) is 0 Å². The molecule has 6 heteroatoms. The number of nitrogens with one attached hydrogen (secondary N) is 1. The molecule has 0 bridgehead atoms. The van der Waals surface area contributed by atoms with Gasteiger partial charge in [0.05, 0.1) is 18.2 Å². The van der Waals surface area contributed by atoms with E-state index in [-0.39, 0.29) is 11.6 Å². The van der Waals surface area contributed by atoms with Gasteiger partial charge in [0.1, 0.15) is 0 Å². The number of halogens is 1. The highest BCUT2D eigenvalue weighted by Crippen LogP contribution is 2.11. The van der Waals surface area contributed by atoms with Crippen molar-refractivity contribution in [2.75, 3.05) is 19.6 Å². The molecule has 1 fully saturated rings. The van der Waals surface area contributed by atoms with Crippen molar-refractivity contribution in [1.29, 1.82) is 5.26 Å². The molecule has 1 aliphatic rings. The van der Waals surface area contributed by atoms with Gasteiger partial charge in [0.25, 0.3) is 5.91 Å². The van der Waals surface area contributed by atoms with Crippen LogP contribution in [-0.4, -0.2) is 41.5 Å². The van der Waals surface area contributed by atoms with Gasteiger partial charge in [-0.25, -0.2) is 4.98 Å². The molecule has 1 amide bonds. The van der Waals surface area contributed by atoms with E-state index in [0.29, 0.717) is 6.54 Å². The van der Waals surface area contributed by atoms with Crippen molar-refractivity contribution in [3.05, 3.63) is 29.8 Å². The first-order valence-electron chi connectivity index (χ1n) is 6.21. The van der Waals surface area contributed by atoms with Crippen molar-refractivity contribution in [2.45, 2.75) is 18.9 Å². The molecule has 1 aromatic heterocycles. The van der Waals surface area contributed by atoms with E-state index in [2.05, 4.69) is 16.4 Å². The Balaban J connectivity index is 1.88. The summed E-state index contributed by atoms with van der Waals surface area (Å²) in [5.74, 6) is -1.17. The van der Waals surface area contributed by atoms with Crippen molar-refractivity contribution in [2.24, 2.45) is 0 Å². The third kappa shape index (κ3) is 3.48. The van der Waals surface area contributed by atoms with Crippen LogP contribution in [0, 0.1) is 17.3 Å². The molecule has 0 spiro atoms. The van der Waals surface area contributed by atoms with Crippen molar-refractivity contribution in [3.63, 3.8) is 0 Å². The SMILES string of the molecule is N#CCN1CCC(NC(=O)c2cccnc2F)CC1. The average molecular weight is 262 g/mol. The Hall–Kier alpha value is -2.00. The summed E-state index contributed by atoms with van der Waals surface area (Å²) in [7, 11) is 0. The number of carbonyl (C=O) groups excluding carboxylic acids is 1. The molecular weight excluding hydrogens is 247 g/mol. The molecule has 1 N–H and O–H groups in total. The molecule has 0 aliphatic carbocycles. The van der Waals surface area contributed by atoms with Crippen LogP contribution >= 0.6 is 0 Å². The number of hydrogen-bond donors (Lipinski definition) is 1. The minimum atomic E-state index is -0.748. The highest BCUT2D eigenvalue weighted by Gasteiger charge is 2.22. The van der Waals surface area contributed by atoms with Gasteiger partial charge in [-0.05, 0) is 25.0 Å². The van der Waals surface area contributed by atoms with Gasteiger partial charge < -0.3 is 5.32 Å². The van der Waals surface area contributed by atoms with Crippen LogP contribution < -0.4 is 5.32 Å². The quantitative estimate of drug-likeness (QED) is 0.650. The molecule has 100 valence electrons. The lowest BCUT2D eigenvalue weighted by atomic mass is 10.0. The van der Waals surface area contributed by atoms with Crippen LogP contribution in [0.15, 0.2) is 18.3 Å². The Morgan fingerprint density at radius 3 is 2.95 bits per heavy atom. The highest BCUT2D eigenvalue weighted by molar-refractivity contribution is 5.94. The predicted octanol–water partition coefficient (Wildman–Crippen LogP) is 0.938. The monoisotopic (exact) mass is 262 g/mol. The van der Waals surface area contributed by atoms with Gasteiger partial charge in [-0.15, -0.1) is 0 Å². The summed E-state index contributed by atoms with van der Waals surface area (Å²) in [6.45, 7) is 1.96. The summed E-state index contributed by atoms with van der Waals surface area (Å²) >= 11 is 0. The lowest BCUT2D eigenvalue weighted by Gasteiger charge is -2.30. The second kappa shape index (κ2) is 6.25. The topological polar surface area (TPSA) is 69.0 Å². The number of hydrogen-bond acceptors (Lipinski definition) is 4. The standard InChI is InChI=1S/C13H15FN4O/c14-12-11(2-1-6-16-12)13(19)17-10-3-7-18(8-4-10)9-5-15/h1-2,6,10H,3-4,7-9H2,(H,17,19). The fourth-order valence-corrected chi connectivity index (χ4v) is 2.15. The zero-order chi connectivity index (χ0) is 13.7. The average Bonchev–Trinajstić information content (AvgIpc) is 2.42. The van der Waals surface area contributed by atoms with E-state index >= 15 is 0 Å². The van der Waals surface area contributed by atoms with E-state index in [1.165, 1.54) is 18.3 Å². The molecule has 0 saturated carbocycles. The van der Waals surface area contributed by atoms with Crippen LogP contribution in [0.5, 0.6) is 0 Å². The molecule has 1 saturated heterocycles. The first-order valence-corrected chi connectivity index (χ1v) is 6.21. The first-order chi connectivity index (χ1) is 9.20. The van der Waals surface area contributed by atoms with Crippen molar-refractivity contribution < 1.29 is 9.18 Å². The number of amides is 1. The number of nitriles is 1. The summed E-state index contributed by atoms with van der Waals surface area (Å²) in [4.78, 5) is 17.4. The number of carbonyl (C=O) groups is 1. The molecule has 0 radical (unpaired) electrons. The molecular formula is C13H15FN4O. The third-order valence-electron chi connectivity index (χ3n) is 3.22. The molecule has 0 aromatic carbocycles. The minimum Gasteiger partial charge on any atom is -0.349 e. The normalized spacial score (nSPS) is 16.8. The highest BCUT2D eigenvalue weighted by atomic mass is 19.1. The summed E-state index contributed by atoms with van der Waals surface area (Å²) in [6.07, 6.45) is 2.86. The van der Waals surface area contributed by atoms with Gasteiger partial charge in [0.2, 0.25) is 5.95 Å². The number of piperidine rings is 1. The number of likely N-dealkylation sites (tertiary alicyclic amines) is 1. The van der Waals surface area contributed by atoms with Gasteiger partial charge in [-0.3, -0.25) is 9.69 Å². The van der Waals surface area contributed by atoms with Crippen LogP contribution in [0.3, 0.4) is 0 Å². The molecule has 1 aromatic rings. The molecule has 19 heavy (non-hydrogen) atoms. The zero-order valence-corrected chi connectivity index (χ0v) is 10.5. The van der Waals surface area contributed by atoms with Crippen LogP contribution in [-0.2, 0) is 0 Å². The number of pyridine rings is 1. The van der Waals surface area contributed by atoms with E-state index in [1.54, 1.807) is 0 Å². The zero-order valence-electron chi connectivity index (χ0n) is 10.5. The van der Waals surface area contributed by atoms with Crippen molar-refractivity contribution in [1.82, 2.24) is 15.2 Å².